The Labute approximate surface area is 175 Å². The molecular formula is C25H38O4. The van der Waals surface area contributed by atoms with Gasteiger partial charge in [0, 0.05) is 11.8 Å². The van der Waals surface area contributed by atoms with E-state index >= 15 is 0 Å². The van der Waals surface area contributed by atoms with Crippen molar-refractivity contribution in [2.24, 2.45) is 40.4 Å². The van der Waals surface area contributed by atoms with Gasteiger partial charge < -0.3 is 9.84 Å². The first-order valence-electron chi connectivity index (χ1n) is 11.7. The Morgan fingerprint density at radius 3 is 2.72 bits per heavy atom. The van der Waals surface area contributed by atoms with Crippen molar-refractivity contribution in [3.63, 3.8) is 0 Å². The van der Waals surface area contributed by atoms with E-state index in [1.807, 2.05) is 0 Å². The molecule has 8 atom stereocenters. The molecule has 0 aromatic carbocycles. The molecule has 0 aromatic rings. The van der Waals surface area contributed by atoms with Crippen LogP contribution in [0.4, 0.5) is 0 Å². The predicted molar refractivity (Wildman–Crippen MR) is 112 cm³/mol. The van der Waals surface area contributed by atoms with Crippen molar-refractivity contribution in [3.8, 4) is 0 Å². The van der Waals surface area contributed by atoms with Gasteiger partial charge in [-0.3, -0.25) is 9.59 Å². The maximum Gasteiger partial charge on any atom is 0.305 e. The maximum atomic E-state index is 13.6. The van der Waals surface area contributed by atoms with Crippen LogP contribution in [0.5, 0.6) is 0 Å². The molecule has 0 bridgehead atoms. The van der Waals surface area contributed by atoms with E-state index in [2.05, 4.69) is 26.8 Å². The Bertz CT molecular complexity index is 712. The largest absolute Gasteiger partial charge is 0.469 e. The van der Waals surface area contributed by atoms with Crippen LogP contribution in [0, 0.1) is 40.4 Å². The minimum Gasteiger partial charge on any atom is -0.469 e. The summed E-state index contributed by atoms with van der Waals surface area (Å²) >= 11 is 0. The molecule has 0 heterocycles. The van der Waals surface area contributed by atoms with Gasteiger partial charge in [-0.15, -0.1) is 0 Å². The molecule has 4 aliphatic carbocycles. The number of hydrogen-bond donors (Lipinski definition) is 1. The zero-order valence-corrected chi connectivity index (χ0v) is 18.6. The van der Waals surface area contributed by atoms with Crippen molar-refractivity contribution in [3.05, 3.63) is 11.6 Å². The number of allylic oxidation sites excluding steroid dienone is 2. The van der Waals surface area contributed by atoms with Crippen LogP contribution in [0.15, 0.2) is 11.6 Å². The van der Waals surface area contributed by atoms with E-state index in [1.165, 1.54) is 19.1 Å². The first-order valence-corrected chi connectivity index (χ1v) is 11.7. The third-order valence-electron chi connectivity index (χ3n) is 9.69. The molecular weight excluding hydrogens is 364 g/mol. The number of carbonyl (C=O) groups excluding carboxylic acids is 2. The van der Waals surface area contributed by atoms with Crippen LogP contribution in [-0.4, -0.2) is 30.1 Å². The molecule has 4 heteroatoms. The highest BCUT2D eigenvalue weighted by Gasteiger charge is 2.60. The van der Waals surface area contributed by atoms with Gasteiger partial charge in [-0.25, -0.2) is 0 Å². The Morgan fingerprint density at radius 1 is 1.24 bits per heavy atom. The Hall–Kier alpha value is -1.16. The highest BCUT2D eigenvalue weighted by atomic mass is 16.5. The molecule has 3 fully saturated rings. The average molecular weight is 403 g/mol. The van der Waals surface area contributed by atoms with Crippen LogP contribution in [0.3, 0.4) is 0 Å². The van der Waals surface area contributed by atoms with Crippen LogP contribution in [0.25, 0.3) is 0 Å². The zero-order chi connectivity index (χ0) is 21.0. The van der Waals surface area contributed by atoms with Crippen molar-refractivity contribution in [2.45, 2.75) is 84.7 Å². The Morgan fingerprint density at radius 2 is 2.00 bits per heavy atom. The molecule has 4 rings (SSSR count). The van der Waals surface area contributed by atoms with Gasteiger partial charge in [0.25, 0.3) is 0 Å². The molecule has 0 aromatic heterocycles. The number of esters is 1. The first kappa shape index (κ1) is 21.1. The van der Waals surface area contributed by atoms with Crippen LogP contribution < -0.4 is 0 Å². The highest BCUT2D eigenvalue weighted by molar-refractivity contribution is 5.97. The Balaban J connectivity index is 1.60. The van der Waals surface area contributed by atoms with Gasteiger partial charge in [-0.1, -0.05) is 26.3 Å². The first-order chi connectivity index (χ1) is 13.7. The molecule has 0 aliphatic heterocycles. The molecule has 0 amide bonds. The third-order valence-corrected chi connectivity index (χ3v) is 9.69. The Kier molecular flexibility index (Phi) is 5.46. The van der Waals surface area contributed by atoms with Crippen LogP contribution >= 0.6 is 0 Å². The number of ether oxygens (including phenoxy) is 1. The smallest absolute Gasteiger partial charge is 0.305 e. The van der Waals surface area contributed by atoms with E-state index in [1.54, 1.807) is 0 Å². The lowest BCUT2D eigenvalue weighted by atomic mass is 9.48. The second-order valence-corrected chi connectivity index (χ2v) is 10.9. The molecule has 8 unspecified atom stereocenters. The van der Waals surface area contributed by atoms with E-state index in [-0.39, 0.29) is 22.9 Å². The third kappa shape index (κ3) is 3.21. The van der Waals surface area contributed by atoms with Gasteiger partial charge in [0.05, 0.1) is 13.2 Å². The molecule has 4 nitrogen and oxygen atoms in total. The highest BCUT2D eigenvalue weighted by Crippen LogP contribution is 2.65. The summed E-state index contributed by atoms with van der Waals surface area (Å²) in [5.74, 6) is 2.34. The standard InChI is InChI=1S/C25H38O4/c1-15(5-10-23(28)29-4)19-8-9-20-18-7-6-16-13-17(26)11-12-24(16,2)21(18)14-22(27)25(19,20)3/h14-20,26H,5-13H2,1-4H3. The second-order valence-electron chi connectivity index (χ2n) is 10.9. The maximum absolute atomic E-state index is 13.6. The molecule has 4 aliphatic rings. The number of carbonyl (C=O) groups is 2. The predicted octanol–water partition coefficient (Wildman–Crippen LogP) is 4.69. The summed E-state index contributed by atoms with van der Waals surface area (Å²) in [6, 6.07) is 0. The van der Waals surface area contributed by atoms with Crippen molar-refractivity contribution in [1.29, 1.82) is 0 Å². The van der Waals surface area contributed by atoms with Gasteiger partial charge in [0.15, 0.2) is 5.78 Å². The van der Waals surface area contributed by atoms with Crippen LogP contribution in [-0.2, 0) is 14.3 Å². The number of fused-ring (bicyclic) bond motifs is 5. The minimum atomic E-state index is -0.291. The number of ketones is 1. The van der Waals surface area contributed by atoms with E-state index in [0.717, 1.165) is 44.9 Å². The second kappa shape index (κ2) is 7.51. The monoisotopic (exact) mass is 402 g/mol. The molecule has 0 radical (unpaired) electrons. The van der Waals surface area contributed by atoms with Crippen molar-refractivity contribution in [2.75, 3.05) is 7.11 Å². The van der Waals surface area contributed by atoms with E-state index in [4.69, 9.17) is 4.74 Å². The fraction of sp³-hybridized carbons (Fsp3) is 0.840. The summed E-state index contributed by atoms with van der Waals surface area (Å²) in [6.45, 7) is 6.80. The molecule has 162 valence electrons. The van der Waals surface area contributed by atoms with Gasteiger partial charge in [0.2, 0.25) is 0 Å². The lowest BCUT2D eigenvalue weighted by Gasteiger charge is -2.56. The SMILES string of the molecule is COC(=O)CCC(C)C1CCC2C3CCC4CC(O)CCC4(C)C3=CC(=O)C12C. The summed E-state index contributed by atoms with van der Waals surface area (Å²) in [4.78, 5) is 25.2. The van der Waals surface area contributed by atoms with Crippen molar-refractivity contribution in [1.82, 2.24) is 0 Å². The summed E-state index contributed by atoms with van der Waals surface area (Å²) in [5, 5.41) is 10.2. The minimum absolute atomic E-state index is 0.0910. The zero-order valence-electron chi connectivity index (χ0n) is 18.6. The molecule has 1 N–H and O–H groups in total. The average Bonchev–Trinajstić information content (AvgIpc) is 3.06. The topological polar surface area (TPSA) is 63.6 Å². The van der Waals surface area contributed by atoms with Crippen molar-refractivity contribution < 1.29 is 19.4 Å². The molecule has 3 saturated carbocycles. The van der Waals surface area contributed by atoms with E-state index < -0.39 is 0 Å². The molecule has 0 saturated heterocycles. The normalized spacial score (nSPS) is 44.9. The summed E-state index contributed by atoms with van der Waals surface area (Å²) in [7, 11) is 1.44. The molecule has 29 heavy (non-hydrogen) atoms. The van der Waals surface area contributed by atoms with E-state index in [9.17, 15) is 14.7 Å². The summed E-state index contributed by atoms with van der Waals surface area (Å²) in [6.07, 6.45) is 10.4. The number of rotatable bonds is 4. The van der Waals surface area contributed by atoms with E-state index in [0.29, 0.717) is 41.8 Å². The number of methoxy groups -OCH3 is 1. The van der Waals surface area contributed by atoms with Gasteiger partial charge >= 0.3 is 5.97 Å². The van der Waals surface area contributed by atoms with Crippen LogP contribution in [0.1, 0.15) is 78.6 Å². The van der Waals surface area contributed by atoms with Crippen molar-refractivity contribution >= 4 is 11.8 Å². The number of hydrogen-bond acceptors (Lipinski definition) is 4. The fourth-order valence-corrected chi connectivity index (χ4v) is 7.88. The van der Waals surface area contributed by atoms with Gasteiger partial charge in [-0.05, 0) is 92.4 Å². The fourth-order valence-electron chi connectivity index (χ4n) is 7.88. The number of aliphatic hydroxyl groups is 1. The van der Waals surface area contributed by atoms with Gasteiger partial charge in [-0.2, -0.15) is 0 Å². The van der Waals surface area contributed by atoms with Crippen LogP contribution in [0.2, 0.25) is 0 Å². The van der Waals surface area contributed by atoms with Gasteiger partial charge in [0.1, 0.15) is 0 Å². The lowest BCUT2D eigenvalue weighted by molar-refractivity contribution is -0.141. The summed E-state index contributed by atoms with van der Waals surface area (Å²) < 4.78 is 4.82. The number of aliphatic hydroxyl groups excluding tert-OH is 1. The lowest BCUT2D eigenvalue weighted by Crippen LogP contribution is -2.52. The molecule has 0 spiro atoms. The quantitative estimate of drug-likeness (QED) is 0.693. The summed E-state index contributed by atoms with van der Waals surface area (Å²) in [5.41, 5.74) is 1.21.